The molecule has 19 heavy (non-hydrogen) atoms. The van der Waals surface area contributed by atoms with Gasteiger partial charge in [0.1, 0.15) is 5.82 Å². The van der Waals surface area contributed by atoms with Gasteiger partial charge in [0.05, 0.1) is 0 Å². The first kappa shape index (κ1) is 14.5. The number of hydrogen-bond acceptors (Lipinski definition) is 2. The lowest BCUT2D eigenvalue weighted by Gasteiger charge is -2.32. The van der Waals surface area contributed by atoms with Gasteiger partial charge in [0.2, 0.25) is 0 Å². The molecule has 3 heteroatoms. The van der Waals surface area contributed by atoms with Crippen molar-refractivity contribution in [2.75, 3.05) is 20.1 Å². The zero-order chi connectivity index (χ0) is 13.7. The summed E-state index contributed by atoms with van der Waals surface area (Å²) in [6.45, 7) is 4.49. The highest BCUT2D eigenvalue weighted by atomic mass is 19.1. The topological polar surface area (TPSA) is 15.3 Å². The van der Waals surface area contributed by atoms with Crippen LogP contribution < -0.4 is 5.32 Å². The smallest absolute Gasteiger partial charge is 0.123 e. The molecule has 2 nitrogen and oxygen atoms in total. The summed E-state index contributed by atoms with van der Waals surface area (Å²) < 4.78 is 13.2. The average molecular weight is 264 g/mol. The normalized spacial score (nSPS) is 22.2. The molecule has 1 heterocycles. The lowest BCUT2D eigenvalue weighted by molar-refractivity contribution is 0.169. The fourth-order valence-corrected chi connectivity index (χ4v) is 2.92. The van der Waals surface area contributed by atoms with Crippen molar-refractivity contribution in [1.29, 1.82) is 0 Å². The quantitative estimate of drug-likeness (QED) is 0.899. The van der Waals surface area contributed by atoms with Gasteiger partial charge in [0.25, 0.3) is 0 Å². The Labute approximate surface area is 116 Å². The highest BCUT2D eigenvalue weighted by Crippen LogP contribution is 2.17. The maximum absolute atomic E-state index is 13.2. The Bertz CT molecular complexity index is 386. The Morgan fingerprint density at radius 3 is 3.00 bits per heavy atom. The maximum Gasteiger partial charge on any atom is 0.123 e. The largest absolute Gasteiger partial charge is 0.317 e. The van der Waals surface area contributed by atoms with Crippen LogP contribution in [-0.2, 0) is 6.42 Å². The van der Waals surface area contributed by atoms with Gasteiger partial charge < -0.3 is 10.2 Å². The van der Waals surface area contributed by atoms with Gasteiger partial charge in [-0.15, -0.1) is 0 Å². The van der Waals surface area contributed by atoms with Crippen molar-refractivity contribution in [3.8, 4) is 0 Å². The lowest BCUT2D eigenvalue weighted by atomic mass is 10.0. The summed E-state index contributed by atoms with van der Waals surface area (Å²) in [5, 5.41) is 3.45. The van der Waals surface area contributed by atoms with Crippen molar-refractivity contribution < 1.29 is 4.39 Å². The van der Waals surface area contributed by atoms with Gasteiger partial charge in [0.15, 0.2) is 0 Å². The van der Waals surface area contributed by atoms with E-state index in [-0.39, 0.29) is 5.82 Å². The van der Waals surface area contributed by atoms with E-state index in [1.165, 1.54) is 25.3 Å². The fourth-order valence-electron chi connectivity index (χ4n) is 2.92. The summed E-state index contributed by atoms with van der Waals surface area (Å²) in [4.78, 5) is 2.47. The first-order valence-corrected chi connectivity index (χ1v) is 7.34. The van der Waals surface area contributed by atoms with Crippen LogP contribution in [0.25, 0.3) is 0 Å². The molecule has 0 aromatic heterocycles. The van der Waals surface area contributed by atoms with Crippen molar-refractivity contribution in [3.63, 3.8) is 0 Å². The van der Waals surface area contributed by atoms with Crippen LogP contribution in [-0.4, -0.2) is 37.1 Å². The van der Waals surface area contributed by atoms with Crippen molar-refractivity contribution in [2.24, 2.45) is 0 Å². The first-order chi connectivity index (χ1) is 9.16. The molecular weight excluding hydrogens is 239 g/mol. The predicted octanol–water partition coefficient (Wildman–Crippen LogP) is 2.83. The van der Waals surface area contributed by atoms with Crippen LogP contribution in [0.4, 0.5) is 4.39 Å². The van der Waals surface area contributed by atoms with E-state index >= 15 is 0 Å². The number of hydrogen-bond donors (Lipinski definition) is 1. The fraction of sp³-hybridized carbons (Fsp3) is 0.625. The lowest BCUT2D eigenvalue weighted by Crippen LogP contribution is -2.40. The molecule has 106 valence electrons. The molecule has 0 radical (unpaired) electrons. The standard InChI is InChI=1S/C16H25FN2/c1-13(11-14-5-3-6-15(17)12-14)19(2)16-7-4-9-18-10-8-16/h3,5-6,12-13,16,18H,4,7-11H2,1-2H3. The first-order valence-electron chi connectivity index (χ1n) is 7.34. The molecule has 0 amide bonds. The van der Waals surface area contributed by atoms with Gasteiger partial charge in [0, 0.05) is 12.1 Å². The van der Waals surface area contributed by atoms with Crippen LogP contribution in [0, 0.1) is 5.82 Å². The molecule has 1 aromatic carbocycles. The van der Waals surface area contributed by atoms with Gasteiger partial charge in [-0.2, -0.15) is 0 Å². The highest BCUT2D eigenvalue weighted by Gasteiger charge is 2.21. The molecule has 1 N–H and O–H groups in total. The van der Waals surface area contributed by atoms with E-state index in [2.05, 4.69) is 24.2 Å². The van der Waals surface area contributed by atoms with E-state index < -0.39 is 0 Å². The zero-order valence-corrected chi connectivity index (χ0v) is 12.0. The Morgan fingerprint density at radius 2 is 2.21 bits per heavy atom. The molecule has 0 bridgehead atoms. The van der Waals surface area contributed by atoms with E-state index in [0.29, 0.717) is 12.1 Å². The van der Waals surface area contributed by atoms with Crippen molar-refractivity contribution in [3.05, 3.63) is 35.6 Å². The van der Waals surface area contributed by atoms with Crippen molar-refractivity contribution >= 4 is 0 Å². The van der Waals surface area contributed by atoms with Gasteiger partial charge in [-0.05, 0) is 70.4 Å². The van der Waals surface area contributed by atoms with Gasteiger partial charge in [-0.3, -0.25) is 0 Å². The molecule has 0 spiro atoms. The summed E-state index contributed by atoms with van der Waals surface area (Å²) in [6.07, 6.45) is 4.64. The second-order valence-corrected chi connectivity index (χ2v) is 5.68. The zero-order valence-electron chi connectivity index (χ0n) is 12.0. The second kappa shape index (κ2) is 7.01. The highest BCUT2D eigenvalue weighted by molar-refractivity contribution is 5.17. The molecular formula is C16H25FN2. The van der Waals surface area contributed by atoms with Crippen LogP contribution in [0.3, 0.4) is 0 Å². The minimum Gasteiger partial charge on any atom is -0.317 e. The van der Waals surface area contributed by atoms with Crippen LogP contribution in [0.2, 0.25) is 0 Å². The number of nitrogens with zero attached hydrogens (tertiary/aromatic N) is 1. The van der Waals surface area contributed by atoms with Gasteiger partial charge >= 0.3 is 0 Å². The summed E-state index contributed by atoms with van der Waals surface area (Å²) >= 11 is 0. The van der Waals surface area contributed by atoms with E-state index in [4.69, 9.17) is 0 Å². The Hall–Kier alpha value is -0.930. The summed E-state index contributed by atoms with van der Waals surface area (Å²) in [7, 11) is 2.21. The third-order valence-corrected chi connectivity index (χ3v) is 4.24. The van der Waals surface area contributed by atoms with Crippen molar-refractivity contribution in [2.45, 2.75) is 44.7 Å². The molecule has 2 rings (SSSR count). The van der Waals surface area contributed by atoms with E-state index in [1.807, 2.05) is 6.07 Å². The molecule has 1 saturated heterocycles. The molecule has 2 unspecified atom stereocenters. The molecule has 2 atom stereocenters. The average Bonchev–Trinajstić information content (AvgIpc) is 2.66. The minimum atomic E-state index is -0.133. The van der Waals surface area contributed by atoms with Crippen LogP contribution >= 0.6 is 0 Å². The van der Waals surface area contributed by atoms with Crippen LogP contribution in [0.5, 0.6) is 0 Å². The molecule has 1 aromatic rings. The van der Waals surface area contributed by atoms with Gasteiger partial charge in [-0.1, -0.05) is 12.1 Å². The maximum atomic E-state index is 13.2. The summed E-state index contributed by atoms with van der Waals surface area (Å²) in [5.74, 6) is -0.133. The number of likely N-dealkylation sites (N-methyl/N-ethyl adjacent to an activating group) is 1. The summed E-state index contributed by atoms with van der Waals surface area (Å²) in [6, 6.07) is 8.08. The molecule has 1 aliphatic rings. The molecule has 0 saturated carbocycles. The van der Waals surface area contributed by atoms with Crippen LogP contribution in [0.1, 0.15) is 31.7 Å². The molecule has 1 aliphatic heterocycles. The Morgan fingerprint density at radius 1 is 1.37 bits per heavy atom. The monoisotopic (exact) mass is 264 g/mol. The third kappa shape index (κ3) is 4.29. The third-order valence-electron chi connectivity index (χ3n) is 4.24. The van der Waals surface area contributed by atoms with E-state index in [9.17, 15) is 4.39 Å². The summed E-state index contributed by atoms with van der Waals surface area (Å²) in [5.41, 5.74) is 1.09. The minimum absolute atomic E-state index is 0.133. The second-order valence-electron chi connectivity index (χ2n) is 5.68. The number of benzene rings is 1. The number of nitrogens with one attached hydrogen (secondary N) is 1. The SMILES string of the molecule is CC(Cc1cccc(F)c1)N(C)C1CCCNCC1. The number of rotatable bonds is 4. The predicted molar refractivity (Wildman–Crippen MR) is 77.8 cm³/mol. The van der Waals surface area contributed by atoms with E-state index in [1.54, 1.807) is 12.1 Å². The number of halogens is 1. The van der Waals surface area contributed by atoms with Crippen molar-refractivity contribution in [1.82, 2.24) is 10.2 Å². The van der Waals surface area contributed by atoms with E-state index in [0.717, 1.165) is 25.1 Å². The van der Waals surface area contributed by atoms with Crippen LogP contribution in [0.15, 0.2) is 24.3 Å². The molecule has 1 fully saturated rings. The Kier molecular flexibility index (Phi) is 5.34. The molecule has 0 aliphatic carbocycles. The van der Waals surface area contributed by atoms with Gasteiger partial charge in [-0.25, -0.2) is 4.39 Å². The Balaban J connectivity index is 1.92.